The standard InChI is InChI=1S/C20H16N4OS/c1-24-13-12-22-20(24)26-18-9-7-17(8-10-18)23-19(25)11-6-15-4-2-3-5-16(15)14-21/h2-13H,1H3,(H,23,25)/b11-6+. The lowest BCUT2D eigenvalue weighted by molar-refractivity contribution is -0.111. The number of imidazole rings is 1. The third-order valence-electron chi connectivity index (χ3n) is 3.60. The monoisotopic (exact) mass is 360 g/mol. The van der Waals surface area contributed by atoms with Crippen LogP contribution in [0.25, 0.3) is 6.08 Å². The second kappa shape index (κ2) is 8.19. The molecule has 0 atom stereocenters. The summed E-state index contributed by atoms with van der Waals surface area (Å²) < 4.78 is 1.95. The maximum Gasteiger partial charge on any atom is 0.248 e. The Hall–Kier alpha value is -3.30. The second-order valence-electron chi connectivity index (χ2n) is 5.47. The summed E-state index contributed by atoms with van der Waals surface area (Å²) >= 11 is 1.55. The molecule has 3 aromatic rings. The van der Waals surface area contributed by atoms with Gasteiger partial charge in [0, 0.05) is 36.1 Å². The first-order valence-corrected chi connectivity index (χ1v) is 8.71. The number of nitrogens with zero attached hydrogens (tertiary/aromatic N) is 3. The van der Waals surface area contributed by atoms with Crippen molar-refractivity contribution in [1.82, 2.24) is 9.55 Å². The summed E-state index contributed by atoms with van der Waals surface area (Å²) in [5.74, 6) is -0.248. The van der Waals surface area contributed by atoms with Crippen LogP contribution in [0.5, 0.6) is 0 Å². The highest BCUT2D eigenvalue weighted by Gasteiger charge is 2.04. The molecule has 0 bridgehead atoms. The van der Waals surface area contributed by atoms with Gasteiger partial charge in [0.05, 0.1) is 11.6 Å². The molecule has 2 aromatic carbocycles. The highest BCUT2D eigenvalue weighted by molar-refractivity contribution is 7.99. The van der Waals surface area contributed by atoms with Gasteiger partial charge >= 0.3 is 0 Å². The van der Waals surface area contributed by atoms with E-state index < -0.39 is 0 Å². The maximum atomic E-state index is 12.1. The minimum absolute atomic E-state index is 0.248. The molecule has 26 heavy (non-hydrogen) atoms. The number of rotatable bonds is 5. The van der Waals surface area contributed by atoms with Gasteiger partial charge in [-0.1, -0.05) is 30.0 Å². The number of anilines is 1. The molecule has 0 spiro atoms. The number of aryl methyl sites for hydroxylation is 1. The topological polar surface area (TPSA) is 70.7 Å². The summed E-state index contributed by atoms with van der Waals surface area (Å²) in [7, 11) is 1.95. The highest BCUT2D eigenvalue weighted by Crippen LogP contribution is 2.26. The van der Waals surface area contributed by atoms with E-state index in [0.29, 0.717) is 16.8 Å². The lowest BCUT2D eigenvalue weighted by atomic mass is 10.1. The first-order chi connectivity index (χ1) is 12.7. The van der Waals surface area contributed by atoms with Crippen molar-refractivity contribution in [1.29, 1.82) is 5.26 Å². The van der Waals surface area contributed by atoms with Crippen LogP contribution in [-0.2, 0) is 11.8 Å². The van der Waals surface area contributed by atoms with Crippen molar-refractivity contribution < 1.29 is 4.79 Å². The van der Waals surface area contributed by atoms with Crippen LogP contribution >= 0.6 is 11.8 Å². The Balaban J connectivity index is 1.62. The molecule has 1 heterocycles. The summed E-state index contributed by atoms with van der Waals surface area (Å²) in [6.45, 7) is 0. The van der Waals surface area contributed by atoms with Crippen LogP contribution in [0, 0.1) is 11.3 Å². The Kier molecular flexibility index (Phi) is 5.52. The fraction of sp³-hybridized carbons (Fsp3) is 0.0500. The van der Waals surface area contributed by atoms with Gasteiger partial charge in [-0.3, -0.25) is 4.79 Å². The number of carbonyl (C=O) groups excluding carboxylic acids is 1. The Morgan fingerprint density at radius 2 is 2.00 bits per heavy atom. The fourth-order valence-corrected chi connectivity index (χ4v) is 3.06. The Morgan fingerprint density at radius 1 is 1.23 bits per heavy atom. The molecule has 0 unspecified atom stereocenters. The summed E-state index contributed by atoms with van der Waals surface area (Å²) in [6.07, 6.45) is 6.72. The zero-order valence-electron chi connectivity index (χ0n) is 14.1. The summed E-state index contributed by atoms with van der Waals surface area (Å²) in [4.78, 5) is 17.4. The quantitative estimate of drug-likeness (QED) is 0.696. The van der Waals surface area contributed by atoms with E-state index in [9.17, 15) is 4.79 Å². The zero-order valence-corrected chi connectivity index (χ0v) is 14.9. The van der Waals surface area contributed by atoms with Crippen molar-refractivity contribution in [3.8, 4) is 6.07 Å². The maximum absolute atomic E-state index is 12.1. The van der Waals surface area contributed by atoms with Crippen LogP contribution in [0.4, 0.5) is 5.69 Å². The van der Waals surface area contributed by atoms with Gasteiger partial charge < -0.3 is 9.88 Å². The van der Waals surface area contributed by atoms with Gasteiger partial charge in [0.1, 0.15) is 0 Å². The van der Waals surface area contributed by atoms with E-state index in [2.05, 4.69) is 16.4 Å². The molecule has 128 valence electrons. The van der Waals surface area contributed by atoms with Crippen LogP contribution in [0.2, 0.25) is 0 Å². The Labute approximate surface area is 156 Å². The number of hydrogen-bond acceptors (Lipinski definition) is 4. The number of nitriles is 1. The smallest absolute Gasteiger partial charge is 0.248 e. The van der Waals surface area contributed by atoms with Gasteiger partial charge in [-0.05, 0) is 42.0 Å². The third kappa shape index (κ3) is 4.41. The van der Waals surface area contributed by atoms with E-state index in [-0.39, 0.29) is 5.91 Å². The van der Waals surface area contributed by atoms with Crippen molar-refractivity contribution in [3.05, 3.63) is 78.1 Å². The third-order valence-corrected chi connectivity index (χ3v) is 4.69. The lowest BCUT2D eigenvalue weighted by Gasteiger charge is -2.05. The van der Waals surface area contributed by atoms with E-state index in [1.54, 1.807) is 42.2 Å². The zero-order chi connectivity index (χ0) is 18.4. The van der Waals surface area contributed by atoms with Gasteiger partial charge in [0.15, 0.2) is 5.16 Å². The summed E-state index contributed by atoms with van der Waals surface area (Å²) in [5, 5.41) is 12.8. The lowest BCUT2D eigenvalue weighted by Crippen LogP contribution is -2.07. The molecule has 0 saturated carbocycles. The highest BCUT2D eigenvalue weighted by atomic mass is 32.2. The number of nitrogens with one attached hydrogen (secondary N) is 1. The summed E-state index contributed by atoms with van der Waals surface area (Å²) in [5.41, 5.74) is 1.96. The molecule has 0 radical (unpaired) electrons. The Morgan fingerprint density at radius 3 is 2.69 bits per heavy atom. The number of hydrogen-bond donors (Lipinski definition) is 1. The molecule has 1 amide bonds. The van der Waals surface area contributed by atoms with E-state index >= 15 is 0 Å². The van der Waals surface area contributed by atoms with Crippen LogP contribution in [0.3, 0.4) is 0 Å². The van der Waals surface area contributed by atoms with Crippen LogP contribution in [-0.4, -0.2) is 15.5 Å². The van der Waals surface area contributed by atoms with Crippen LogP contribution in [0.15, 0.2) is 77.1 Å². The van der Waals surface area contributed by atoms with Crippen LogP contribution < -0.4 is 5.32 Å². The second-order valence-corrected chi connectivity index (χ2v) is 6.51. The molecule has 0 aliphatic rings. The van der Waals surface area contributed by atoms with Crippen molar-refractivity contribution in [2.24, 2.45) is 7.05 Å². The predicted octanol–water partition coefficient (Wildman–Crippen LogP) is 4.09. The minimum atomic E-state index is -0.248. The van der Waals surface area contributed by atoms with E-state index in [1.165, 1.54) is 6.08 Å². The van der Waals surface area contributed by atoms with Crippen molar-refractivity contribution in [2.75, 3.05) is 5.32 Å². The van der Waals surface area contributed by atoms with Gasteiger partial charge in [0.25, 0.3) is 0 Å². The van der Waals surface area contributed by atoms with Crippen molar-refractivity contribution >= 4 is 29.4 Å². The SMILES string of the molecule is Cn1ccnc1Sc1ccc(NC(=O)/C=C/c2ccccc2C#N)cc1. The first kappa shape index (κ1) is 17.5. The first-order valence-electron chi connectivity index (χ1n) is 7.89. The van der Waals surface area contributed by atoms with E-state index in [1.807, 2.05) is 48.1 Å². The van der Waals surface area contributed by atoms with Crippen LogP contribution in [0.1, 0.15) is 11.1 Å². The number of carbonyl (C=O) groups is 1. The normalized spacial score (nSPS) is 10.6. The molecule has 0 aliphatic heterocycles. The fourth-order valence-electron chi connectivity index (χ4n) is 2.26. The molecular weight excluding hydrogens is 344 g/mol. The van der Waals surface area contributed by atoms with E-state index in [0.717, 1.165) is 10.1 Å². The predicted molar refractivity (Wildman–Crippen MR) is 103 cm³/mol. The minimum Gasteiger partial charge on any atom is -0.329 e. The molecule has 1 aromatic heterocycles. The molecule has 0 saturated heterocycles. The largest absolute Gasteiger partial charge is 0.329 e. The molecule has 0 fully saturated rings. The van der Waals surface area contributed by atoms with Crippen molar-refractivity contribution in [3.63, 3.8) is 0 Å². The van der Waals surface area contributed by atoms with Gasteiger partial charge in [-0.15, -0.1) is 0 Å². The molecule has 5 nitrogen and oxygen atoms in total. The molecule has 6 heteroatoms. The molecule has 0 aliphatic carbocycles. The Bertz CT molecular complexity index is 984. The van der Waals surface area contributed by atoms with Gasteiger partial charge in [0.2, 0.25) is 5.91 Å². The molecule has 3 rings (SSSR count). The molecule has 1 N–H and O–H groups in total. The van der Waals surface area contributed by atoms with Gasteiger partial charge in [-0.25, -0.2) is 4.98 Å². The average Bonchev–Trinajstić information content (AvgIpc) is 3.06. The molecular formula is C20H16N4OS. The van der Waals surface area contributed by atoms with Crippen molar-refractivity contribution in [2.45, 2.75) is 10.1 Å². The van der Waals surface area contributed by atoms with Gasteiger partial charge in [-0.2, -0.15) is 5.26 Å². The number of aromatic nitrogens is 2. The number of amides is 1. The van der Waals surface area contributed by atoms with E-state index in [4.69, 9.17) is 5.26 Å². The number of benzene rings is 2. The summed E-state index contributed by atoms with van der Waals surface area (Å²) in [6, 6.07) is 16.8. The average molecular weight is 360 g/mol.